The minimum absolute atomic E-state index is 0.146. The number of furan rings is 1. The first-order chi connectivity index (χ1) is 9.65. The number of fused-ring (bicyclic) bond motifs is 1. The van der Waals surface area contributed by atoms with E-state index in [4.69, 9.17) is 10.2 Å². The van der Waals surface area contributed by atoms with Gasteiger partial charge in [0.15, 0.2) is 0 Å². The molecule has 3 N–H and O–H groups in total. The molecule has 3 rings (SSSR count). The molecule has 20 heavy (non-hydrogen) atoms. The smallest absolute Gasteiger partial charge is 0.293 e. The molecule has 0 aliphatic carbocycles. The van der Waals surface area contributed by atoms with Gasteiger partial charge in [-0.2, -0.15) is 0 Å². The number of rotatable bonds is 2. The predicted molar refractivity (Wildman–Crippen MR) is 79.8 cm³/mol. The zero-order chi connectivity index (χ0) is 14.1. The van der Waals surface area contributed by atoms with Gasteiger partial charge in [-0.25, -0.2) is 0 Å². The number of aryl methyl sites for hydroxylation is 1. The average molecular weight is 266 g/mol. The lowest BCUT2D eigenvalue weighted by Gasteiger charge is -2.04. The summed E-state index contributed by atoms with van der Waals surface area (Å²) in [5, 5.41) is 3.54. The Morgan fingerprint density at radius 2 is 1.95 bits per heavy atom. The van der Waals surface area contributed by atoms with Crippen LogP contribution in [0.15, 0.2) is 52.9 Å². The van der Waals surface area contributed by atoms with E-state index >= 15 is 0 Å². The van der Waals surface area contributed by atoms with E-state index < -0.39 is 0 Å². The second-order valence-electron chi connectivity index (χ2n) is 4.66. The Bertz CT molecular complexity index is 790. The van der Waals surface area contributed by atoms with E-state index in [9.17, 15) is 4.79 Å². The van der Waals surface area contributed by atoms with Crippen molar-refractivity contribution in [2.45, 2.75) is 6.92 Å². The van der Waals surface area contributed by atoms with Crippen LogP contribution in [0.3, 0.4) is 0 Å². The summed E-state index contributed by atoms with van der Waals surface area (Å²) in [7, 11) is 0. The number of nitrogen functional groups attached to an aromatic ring is 1. The van der Waals surface area contributed by atoms with Gasteiger partial charge < -0.3 is 15.5 Å². The number of anilines is 2. The van der Waals surface area contributed by atoms with E-state index in [1.807, 2.05) is 49.4 Å². The summed E-state index contributed by atoms with van der Waals surface area (Å²) in [5.41, 5.74) is 8.73. The highest BCUT2D eigenvalue weighted by molar-refractivity contribution is 6.10. The summed E-state index contributed by atoms with van der Waals surface area (Å²) in [6, 6.07) is 14.9. The highest BCUT2D eigenvalue weighted by Gasteiger charge is 2.18. The highest BCUT2D eigenvalue weighted by Crippen LogP contribution is 2.28. The monoisotopic (exact) mass is 266 g/mol. The lowest BCUT2D eigenvalue weighted by molar-refractivity contribution is 0.1000. The number of nitrogens with one attached hydrogen (secondary N) is 1. The van der Waals surface area contributed by atoms with Gasteiger partial charge in [-0.15, -0.1) is 0 Å². The molecule has 4 nitrogen and oxygen atoms in total. The van der Waals surface area contributed by atoms with Gasteiger partial charge in [0, 0.05) is 11.1 Å². The largest absolute Gasteiger partial charge is 0.449 e. The minimum Gasteiger partial charge on any atom is -0.449 e. The van der Waals surface area contributed by atoms with Crippen molar-refractivity contribution < 1.29 is 9.21 Å². The van der Waals surface area contributed by atoms with E-state index in [1.165, 1.54) is 0 Å². The number of nitrogens with two attached hydrogens (primary N) is 1. The first kappa shape index (κ1) is 12.3. The third kappa shape index (κ3) is 2.12. The molecular formula is C16H14N2O2. The van der Waals surface area contributed by atoms with Crippen molar-refractivity contribution in [1.82, 2.24) is 0 Å². The van der Waals surface area contributed by atoms with Gasteiger partial charge in [0.1, 0.15) is 5.58 Å². The minimum atomic E-state index is -0.343. The van der Waals surface area contributed by atoms with Crippen molar-refractivity contribution in [3.8, 4) is 0 Å². The maximum Gasteiger partial charge on any atom is 0.293 e. The first-order valence-electron chi connectivity index (χ1n) is 6.30. The lowest BCUT2D eigenvalue weighted by Crippen LogP contribution is -2.12. The molecule has 0 fully saturated rings. The van der Waals surface area contributed by atoms with Crippen LogP contribution in [0.25, 0.3) is 11.0 Å². The summed E-state index contributed by atoms with van der Waals surface area (Å²) >= 11 is 0. The third-order valence-electron chi connectivity index (χ3n) is 3.12. The van der Waals surface area contributed by atoms with E-state index in [2.05, 4.69) is 5.32 Å². The molecule has 4 heteroatoms. The van der Waals surface area contributed by atoms with Gasteiger partial charge in [-0.3, -0.25) is 4.79 Å². The van der Waals surface area contributed by atoms with E-state index in [-0.39, 0.29) is 11.7 Å². The predicted octanol–water partition coefficient (Wildman–Crippen LogP) is 3.58. The fraction of sp³-hybridized carbons (Fsp3) is 0.0625. The Balaban J connectivity index is 1.95. The molecule has 0 spiro atoms. The Hall–Kier alpha value is -2.75. The maximum absolute atomic E-state index is 12.2. The Labute approximate surface area is 116 Å². The molecule has 0 atom stereocenters. The quantitative estimate of drug-likeness (QED) is 0.745. The van der Waals surface area contributed by atoms with Crippen LogP contribution in [-0.2, 0) is 0 Å². The van der Waals surface area contributed by atoms with Crippen molar-refractivity contribution in [3.63, 3.8) is 0 Å². The van der Waals surface area contributed by atoms with E-state index in [0.717, 1.165) is 16.6 Å². The number of hydrogen-bond acceptors (Lipinski definition) is 3. The standard InChI is InChI=1S/C16H14N2O2/c1-10-5-4-6-11(9-10)18-16(19)15-14(17)12-7-2-3-8-13(12)20-15/h2-9H,17H2,1H3,(H,18,19). The van der Waals surface area contributed by atoms with Gasteiger partial charge in [-0.05, 0) is 36.8 Å². The number of para-hydroxylation sites is 1. The normalized spacial score (nSPS) is 10.7. The van der Waals surface area contributed by atoms with Crippen LogP contribution in [0, 0.1) is 6.92 Å². The number of amides is 1. The van der Waals surface area contributed by atoms with Crippen molar-refractivity contribution in [2.75, 3.05) is 11.1 Å². The fourth-order valence-electron chi connectivity index (χ4n) is 2.14. The number of hydrogen-bond donors (Lipinski definition) is 2. The van der Waals surface area contributed by atoms with Gasteiger partial charge in [0.2, 0.25) is 5.76 Å². The van der Waals surface area contributed by atoms with Crippen LogP contribution in [0.1, 0.15) is 16.1 Å². The molecule has 1 aromatic heterocycles. The topological polar surface area (TPSA) is 68.3 Å². The second-order valence-corrected chi connectivity index (χ2v) is 4.66. The molecule has 0 aliphatic heterocycles. The van der Waals surface area contributed by atoms with Gasteiger partial charge >= 0.3 is 0 Å². The molecule has 2 aromatic carbocycles. The molecule has 0 saturated carbocycles. The van der Waals surface area contributed by atoms with Crippen molar-refractivity contribution >= 4 is 28.3 Å². The molecule has 0 radical (unpaired) electrons. The molecule has 0 aliphatic rings. The van der Waals surface area contributed by atoms with Crippen LogP contribution < -0.4 is 11.1 Å². The molecule has 100 valence electrons. The molecule has 3 aromatic rings. The van der Waals surface area contributed by atoms with Gasteiger partial charge in [0.05, 0.1) is 5.69 Å². The molecular weight excluding hydrogens is 252 g/mol. The van der Waals surface area contributed by atoms with E-state index in [1.54, 1.807) is 6.07 Å². The zero-order valence-corrected chi connectivity index (χ0v) is 11.0. The summed E-state index contributed by atoms with van der Waals surface area (Å²) in [6.07, 6.45) is 0. The molecule has 0 unspecified atom stereocenters. The Morgan fingerprint density at radius 1 is 1.15 bits per heavy atom. The molecule has 1 amide bonds. The van der Waals surface area contributed by atoms with Gasteiger partial charge in [0.25, 0.3) is 5.91 Å². The average Bonchev–Trinajstić information content (AvgIpc) is 2.77. The van der Waals surface area contributed by atoms with Crippen LogP contribution in [-0.4, -0.2) is 5.91 Å². The number of carbonyl (C=O) groups is 1. The second kappa shape index (κ2) is 4.74. The fourth-order valence-corrected chi connectivity index (χ4v) is 2.14. The Morgan fingerprint density at radius 3 is 2.70 bits per heavy atom. The van der Waals surface area contributed by atoms with Crippen molar-refractivity contribution in [1.29, 1.82) is 0 Å². The summed E-state index contributed by atoms with van der Waals surface area (Å²) in [6.45, 7) is 1.96. The Kier molecular flexibility index (Phi) is 2.91. The molecule has 0 saturated heterocycles. The lowest BCUT2D eigenvalue weighted by atomic mass is 10.2. The summed E-state index contributed by atoms with van der Waals surface area (Å²) < 4.78 is 5.53. The third-order valence-corrected chi connectivity index (χ3v) is 3.12. The number of benzene rings is 2. The summed E-state index contributed by atoms with van der Waals surface area (Å²) in [4.78, 5) is 12.2. The van der Waals surface area contributed by atoms with Crippen LogP contribution in [0.2, 0.25) is 0 Å². The number of carbonyl (C=O) groups excluding carboxylic acids is 1. The zero-order valence-electron chi connectivity index (χ0n) is 11.0. The van der Waals surface area contributed by atoms with Crippen LogP contribution in [0.4, 0.5) is 11.4 Å². The van der Waals surface area contributed by atoms with Crippen molar-refractivity contribution in [2.24, 2.45) is 0 Å². The van der Waals surface area contributed by atoms with Crippen LogP contribution in [0.5, 0.6) is 0 Å². The summed E-state index contributed by atoms with van der Waals surface area (Å²) in [5.74, 6) is -0.197. The van der Waals surface area contributed by atoms with E-state index in [0.29, 0.717) is 11.3 Å². The highest BCUT2D eigenvalue weighted by atomic mass is 16.3. The first-order valence-corrected chi connectivity index (χ1v) is 6.30. The van der Waals surface area contributed by atoms with Crippen LogP contribution >= 0.6 is 0 Å². The van der Waals surface area contributed by atoms with Gasteiger partial charge in [-0.1, -0.05) is 24.3 Å². The molecule has 0 bridgehead atoms. The SMILES string of the molecule is Cc1cccc(NC(=O)c2oc3ccccc3c2N)c1. The van der Waals surface area contributed by atoms with Crippen molar-refractivity contribution in [3.05, 3.63) is 59.9 Å². The molecule has 1 heterocycles. The maximum atomic E-state index is 12.2.